The number of halogens is 2. The fourth-order valence-electron chi connectivity index (χ4n) is 3.77. The highest BCUT2D eigenvalue weighted by Crippen LogP contribution is 2.28. The number of amides is 1. The Bertz CT molecular complexity index is 1410. The standard InChI is InChI=1S/C25H20Cl2N4O3/c1-16-21(14-28-29-25(32)13-17-6-9-19(10-7-17)31(33)34)20-4-2-3-5-24(20)30(16)15-18-8-11-22(26)23(27)12-18/h2-12,14H,13,15H2,1H3,(H,29,32). The van der Waals surface area contributed by atoms with E-state index in [1.807, 2.05) is 43.3 Å². The highest BCUT2D eigenvalue weighted by atomic mass is 35.5. The van der Waals surface area contributed by atoms with E-state index < -0.39 is 4.92 Å². The summed E-state index contributed by atoms with van der Waals surface area (Å²) in [5.74, 6) is -0.317. The number of fused-ring (bicyclic) bond motifs is 1. The minimum Gasteiger partial charge on any atom is -0.340 e. The molecule has 4 aromatic rings. The van der Waals surface area contributed by atoms with Gasteiger partial charge in [0, 0.05) is 40.8 Å². The Morgan fingerprint density at radius 1 is 1.06 bits per heavy atom. The summed E-state index contributed by atoms with van der Waals surface area (Å²) in [6.07, 6.45) is 1.70. The summed E-state index contributed by atoms with van der Waals surface area (Å²) in [6.45, 7) is 2.60. The Hall–Kier alpha value is -3.68. The Labute approximate surface area is 205 Å². The molecule has 1 N–H and O–H groups in total. The Kier molecular flexibility index (Phi) is 6.95. The quantitative estimate of drug-likeness (QED) is 0.197. The summed E-state index contributed by atoms with van der Waals surface area (Å²) >= 11 is 12.2. The Morgan fingerprint density at radius 2 is 1.76 bits per heavy atom. The number of benzene rings is 3. The van der Waals surface area contributed by atoms with E-state index in [1.54, 1.807) is 24.4 Å². The fraction of sp³-hybridized carbons (Fsp3) is 0.120. The van der Waals surface area contributed by atoms with Crippen molar-refractivity contribution >= 4 is 51.9 Å². The molecule has 0 bridgehead atoms. The van der Waals surface area contributed by atoms with Crippen LogP contribution in [0.4, 0.5) is 5.69 Å². The summed E-state index contributed by atoms with van der Waals surface area (Å²) in [6, 6.07) is 19.4. The molecule has 0 radical (unpaired) electrons. The number of hydrogen-bond donors (Lipinski definition) is 1. The van der Waals surface area contributed by atoms with Crippen molar-refractivity contribution in [2.75, 3.05) is 0 Å². The first kappa shape index (κ1) is 23.5. The average molecular weight is 495 g/mol. The van der Waals surface area contributed by atoms with Crippen LogP contribution < -0.4 is 5.43 Å². The van der Waals surface area contributed by atoms with Gasteiger partial charge in [0.15, 0.2) is 0 Å². The van der Waals surface area contributed by atoms with E-state index in [0.29, 0.717) is 22.2 Å². The van der Waals surface area contributed by atoms with E-state index in [4.69, 9.17) is 23.2 Å². The van der Waals surface area contributed by atoms with Crippen LogP contribution in [0.25, 0.3) is 10.9 Å². The van der Waals surface area contributed by atoms with Gasteiger partial charge in [-0.25, -0.2) is 5.43 Å². The molecule has 0 aliphatic rings. The highest BCUT2D eigenvalue weighted by Gasteiger charge is 2.13. The number of para-hydroxylation sites is 1. The van der Waals surface area contributed by atoms with Gasteiger partial charge in [-0.3, -0.25) is 14.9 Å². The topological polar surface area (TPSA) is 89.5 Å². The second-order valence-corrected chi connectivity index (χ2v) is 8.56. The van der Waals surface area contributed by atoms with Crippen LogP contribution in [-0.4, -0.2) is 21.6 Å². The molecule has 7 nitrogen and oxygen atoms in total. The van der Waals surface area contributed by atoms with Crippen LogP contribution in [0.2, 0.25) is 10.0 Å². The molecule has 9 heteroatoms. The Balaban J connectivity index is 1.52. The lowest BCUT2D eigenvalue weighted by Crippen LogP contribution is -2.19. The minimum atomic E-state index is -0.478. The zero-order valence-electron chi connectivity index (χ0n) is 18.2. The molecule has 0 saturated carbocycles. The lowest BCUT2D eigenvalue weighted by Gasteiger charge is -2.09. The molecule has 1 amide bonds. The van der Waals surface area contributed by atoms with Gasteiger partial charge in [-0.1, -0.05) is 59.6 Å². The maximum Gasteiger partial charge on any atom is 0.269 e. The molecule has 0 unspecified atom stereocenters. The summed E-state index contributed by atoms with van der Waals surface area (Å²) < 4.78 is 2.16. The molecule has 0 saturated heterocycles. The molecule has 34 heavy (non-hydrogen) atoms. The van der Waals surface area contributed by atoms with Gasteiger partial charge in [-0.15, -0.1) is 0 Å². The molecule has 172 valence electrons. The average Bonchev–Trinajstić information content (AvgIpc) is 3.08. The number of non-ortho nitro benzene ring substituents is 1. The zero-order valence-corrected chi connectivity index (χ0v) is 19.7. The number of nitro benzene ring substituents is 1. The molecule has 3 aromatic carbocycles. The van der Waals surface area contributed by atoms with Crippen LogP contribution in [0.1, 0.15) is 22.4 Å². The second-order valence-electron chi connectivity index (χ2n) is 7.74. The van der Waals surface area contributed by atoms with Gasteiger partial charge in [0.25, 0.3) is 5.69 Å². The van der Waals surface area contributed by atoms with E-state index in [-0.39, 0.29) is 18.0 Å². The summed E-state index contributed by atoms with van der Waals surface area (Å²) in [5.41, 5.74) is 7.10. The molecule has 4 rings (SSSR count). The molecule has 0 atom stereocenters. The number of nitrogens with one attached hydrogen (secondary N) is 1. The van der Waals surface area contributed by atoms with E-state index >= 15 is 0 Å². The third kappa shape index (κ3) is 5.11. The third-order valence-electron chi connectivity index (χ3n) is 5.50. The predicted molar refractivity (Wildman–Crippen MR) is 135 cm³/mol. The van der Waals surface area contributed by atoms with Crippen LogP contribution >= 0.6 is 23.2 Å². The van der Waals surface area contributed by atoms with Crippen LogP contribution in [0.5, 0.6) is 0 Å². The number of nitro groups is 1. The van der Waals surface area contributed by atoms with Gasteiger partial charge < -0.3 is 4.57 Å². The largest absolute Gasteiger partial charge is 0.340 e. The van der Waals surface area contributed by atoms with E-state index in [1.165, 1.54) is 12.1 Å². The summed E-state index contributed by atoms with van der Waals surface area (Å²) in [4.78, 5) is 22.6. The number of aromatic nitrogens is 1. The maximum absolute atomic E-state index is 12.3. The van der Waals surface area contributed by atoms with Crippen molar-refractivity contribution in [3.05, 3.63) is 109 Å². The van der Waals surface area contributed by atoms with E-state index in [9.17, 15) is 14.9 Å². The van der Waals surface area contributed by atoms with Gasteiger partial charge in [-0.05, 0) is 36.2 Å². The zero-order chi connectivity index (χ0) is 24.2. The van der Waals surface area contributed by atoms with Crippen LogP contribution in [0.3, 0.4) is 0 Å². The van der Waals surface area contributed by atoms with Crippen molar-refractivity contribution < 1.29 is 9.72 Å². The van der Waals surface area contributed by atoms with Crippen LogP contribution in [0.15, 0.2) is 71.8 Å². The van der Waals surface area contributed by atoms with Crippen molar-refractivity contribution in [2.24, 2.45) is 5.10 Å². The molecule has 0 fully saturated rings. The first-order valence-corrected chi connectivity index (χ1v) is 11.2. The number of nitrogens with zero attached hydrogens (tertiary/aromatic N) is 3. The monoisotopic (exact) mass is 494 g/mol. The number of hydrazone groups is 1. The SMILES string of the molecule is Cc1c(C=NNC(=O)Cc2ccc([N+](=O)[O-])cc2)c2ccccc2n1Cc1ccc(Cl)c(Cl)c1. The highest BCUT2D eigenvalue weighted by molar-refractivity contribution is 6.42. The van der Waals surface area contributed by atoms with Crippen LogP contribution in [-0.2, 0) is 17.8 Å². The van der Waals surface area contributed by atoms with Gasteiger partial charge in [-0.2, -0.15) is 5.10 Å². The number of hydrogen-bond acceptors (Lipinski definition) is 4. The molecular formula is C25H20Cl2N4O3. The molecule has 0 aliphatic carbocycles. The summed E-state index contributed by atoms with van der Waals surface area (Å²) in [7, 11) is 0. The van der Waals surface area contributed by atoms with E-state index in [0.717, 1.165) is 27.7 Å². The second kappa shape index (κ2) is 10.1. The van der Waals surface area contributed by atoms with Crippen LogP contribution in [0, 0.1) is 17.0 Å². The van der Waals surface area contributed by atoms with Gasteiger partial charge in [0.2, 0.25) is 5.91 Å². The van der Waals surface area contributed by atoms with Crippen molar-refractivity contribution in [2.45, 2.75) is 19.9 Å². The smallest absolute Gasteiger partial charge is 0.269 e. The molecule has 1 heterocycles. The number of carbonyl (C=O) groups excluding carboxylic acids is 1. The normalized spacial score (nSPS) is 11.3. The number of carbonyl (C=O) groups is 1. The molecular weight excluding hydrogens is 475 g/mol. The summed E-state index contributed by atoms with van der Waals surface area (Å²) in [5, 5.41) is 16.9. The van der Waals surface area contributed by atoms with Crippen molar-refractivity contribution in [1.82, 2.24) is 9.99 Å². The first-order valence-electron chi connectivity index (χ1n) is 10.4. The predicted octanol–water partition coefficient (Wildman–Crippen LogP) is 5.91. The third-order valence-corrected chi connectivity index (χ3v) is 6.24. The molecule has 0 spiro atoms. The molecule has 0 aliphatic heterocycles. The van der Waals surface area contributed by atoms with Crippen molar-refractivity contribution in [3.63, 3.8) is 0 Å². The fourth-order valence-corrected chi connectivity index (χ4v) is 4.09. The maximum atomic E-state index is 12.3. The van der Waals surface area contributed by atoms with E-state index in [2.05, 4.69) is 15.1 Å². The molecule has 1 aromatic heterocycles. The van der Waals surface area contributed by atoms with Crippen molar-refractivity contribution in [1.29, 1.82) is 0 Å². The first-order chi connectivity index (χ1) is 16.3. The number of rotatable bonds is 7. The lowest BCUT2D eigenvalue weighted by atomic mass is 10.1. The Morgan fingerprint density at radius 3 is 2.47 bits per heavy atom. The minimum absolute atomic E-state index is 0.0186. The lowest BCUT2D eigenvalue weighted by molar-refractivity contribution is -0.384. The van der Waals surface area contributed by atoms with Gasteiger partial charge in [0.05, 0.1) is 27.6 Å². The van der Waals surface area contributed by atoms with Gasteiger partial charge >= 0.3 is 0 Å². The van der Waals surface area contributed by atoms with Crippen molar-refractivity contribution in [3.8, 4) is 0 Å². The van der Waals surface area contributed by atoms with Gasteiger partial charge in [0.1, 0.15) is 0 Å².